The normalized spacial score (nSPS) is 10.5. The molecule has 100 valence electrons. The number of aromatic nitrogens is 3. The summed E-state index contributed by atoms with van der Waals surface area (Å²) < 4.78 is 1.79. The Morgan fingerprint density at radius 3 is 2.79 bits per heavy atom. The number of nitrogens with one attached hydrogen (secondary N) is 2. The maximum Gasteiger partial charge on any atom is 0.259 e. The summed E-state index contributed by atoms with van der Waals surface area (Å²) >= 11 is 0. The Kier molecular flexibility index (Phi) is 3.79. The fourth-order valence-electron chi connectivity index (χ4n) is 1.68. The van der Waals surface area contributed by atoms with E-state index in [9.17, 15) is 4.79 Å². The molecule has 0 atom stereocenters. The van der Waals surface area contributed by atoms with Gasteiger partial charge in [0.2, 0.25) is 0 Å². The van der Waals surface area contributed by atoms with Gasteiger partial charge in [0.25, 0.3) is 5.91 Å². The lowest BCUT2D eigenvalue weighted by Crippen LogP contribution is -2.14. The number of anilines is 2. The van der Waals surface area contributed by atoms with Crippen molar-refractivity contribution in [2.24, 2.45) is 0 Å². The lowest BCUT2D eigenvalue weighted by atomic mass is 10.2. The number of carbonyl (C=O) groups is 1. The number of carbonyl (C=O) groups excluding carboxylic acids is 1. The van der Waals surface area contributed by atoms with Gasteiger partial charge in [-0.15, -0.1) is 0 Å². The van der Waals surface area contributed by atoms with Gasteiger partial charge in [-0.25, -0.2) is 0 Å². The highest BCUT2D eigenvalue weighted by molar-refractivity contribution is 6.07. The minimum atomic E-state index is -0.208. The zero-order valence-corrected chi connectivity index (χ0v) is 11.2. The molecule has 0 aliphatic rings. The van der Waals surface area contributed by atoms with Crippen LogP contribution in [0.3, 0.4) is 0 Å². The second kappa shape index (κ2) is 5.51. The van der Waals surface area contributed by atoms with E-state index in [1.165, 1.54) is 6.20 Å². The van der Waals surface area contributed by atoms with E-state index in [2.05, 4.69) is 20.7 Å². The minimum Gasteiger partial charge on any atom is -0.387 e. The van der Waals surface area contributed by atoms with Crippen molar-refractivity contribution in [1.29, 1.82) is 0 Å². The Labute approximate surface area is 111 Å². The average molecular weight is 259 g/mol. The molecule has 0 aromatic carbocycles. The van der Waals surface area contributed by atoms with Crippen molar-refractivity contribution >= 4 is 17.3 Å². The first kappa shape index (κ1) is 13.1. The van der Waals surface area contributed by atoms with Gasteiger partial charge in [0.15, 0.2) is 0 Å². The fourth-order valence-corrected chi connectivity index (χ4v) is 1.68. The summed E-state index contributed by atoms with van der Waals surface area (Å²) in [7, 11) is 1.77. The van der Waals surface area contributed by atoms with Crippen LogP contribution in [-0.2, 0) is 0 Å². The molecule has 0 unspecified atom stereocenters. The van der Waals surface area contributed by atoms with Crippen molar-refractivity contribution in [3.05, 3.63) is 36.4 Å². The van der Waals surface area contributed by atoms with E-state index >= 15 is 0 Å². The molecule has 0 saturated heterocycles. The van der Waals surface area contributed by atoms with Gasteiger partial charge in [0.1, 0.15) is 0 Å². The lowest BCUT2D eigenvalue weighted by Gasteiger charge is -2.07. The third kappa shape index (κ3) is 2.90. The SMILES string of the molecule is CNc1ccncc1C(=O)Nc1cnn(C(C)C)c1. The van der Waals surface area contributed by atoms with Crippen LogP contribution in [0.25, 0.3) is 0 Å². The van der Waals surface area contributed by atoms with Gasteiger partial charge in [0, 0.05) is 37.4 Å². The van der Waals surface area contributed by atoms with Crippen LogP contribution < -0.4 is 10.6 Å². The Morgan fingerprint density at radius 1 is 1.37 bits per heavy atom. The zero-order chi connectivity index (χ0) is 13.8. The molecule has 0 saturated carbocycles. The number of amides is 1. The van der Waals surface area contributed by atoms with Crippen molar-refractivity contribution in [1.82, 2.24) is 14.8 Å². The molecule has 1 amide bonds. The molecule has 6 nitrogen and oxygen atoms in total. The molecule has 2 rings (SSSR count). The van der Waals surface area contributed by atoms with Crippen molar-refractivity contribution in [2.45, 2.75) is 19.9 Å². The summed E-state index contributed by atoms with van der Waals surface area (Å²) in [4.78, 5) is 16.1. The summed E-state index contributed by atoms with van der Waals surface area (Å²) in [5.74, 6) is -0.208. The topological polar surface area (TPSA) is 71.8 Å². The standard InChI is InChI=1S/C13H17N5O/c1-9(2)18-8-10(6-16-18)17-13(19)11-7-15-5-4-12(11)14-3/h4-9H,1-3H3,(H,14,15)(H,17,19). The van der Waals surface area contributed by atoms with Crippen LogP contribution in [0.2, 0.25) is 0 Å². The van der Waals surface area contributed by atoms with Crippen LogP contribution in [0.5, 0.6) is 0 Å². The van der Waals surface area contributed by atoms with E-state index in [0.29, 0.717) is 11.3 Å². The van der Waals surface area contributed by atoms with Gasteiger partial charge in [0.05, 0.1) is 17.4 Å². The van der Waals surface area contributed by atoms with Gasteiger partial charge < -0.3 is 10.6 Å². The number of nitrogens with zero attached hydrogens (tertiary/aromatic N) is 3. The Morgan fingerprint density at radius 2 is 2.16 bits per heavy atom. The molecular weight excluding hydrogens is 242 g/mol. The van der Waals surface area contributed by atoms with E-state index in [1.54, 1.807) is 36.4 Å². The van der Waals surface area contributed by atoms with E-state index in [0.717, 1.165) is 5.69 Å². The molecule has 2 aromatic heterocycles. The van der Waals surface area contributed by atoms with Gasteiger partial charge in [-0.2, -0.15) is 5.10 Å². The minimum absolute atomic E-state index is 0.208. The fraction of sp³-hybridized carbons (Fsp3) is 0.308. The van der Waals surface area contributed by atoms with Crippen molar-refractivity contribution < 1.29 is 4.79 Å². The zero-order valence-electron chi connectivity index (χ0n) is 11.2. The highest BCUT2D eigenvalue weighted by Crippen LogP contribution is 2.16. The highest BCUT2D eigenvalue weighted by Gasteiger charge is 2.12. The highest BCUT2D eigenvalue weighted by atomic mass is 16.1. The van der Waals surface area contributed by atoms with Crippen molar-refractivity contribution in [2.75, 3.05) is 17.7 Å². The number of hydrogen-bond acceptors (Lipinski definition) is 4. The quantitative estimate of drug-likeness (QED) is 0.882. The molecule has 0 aliphatic heterocycles. The van der Waals surface area contributed by atoms with Crippen molar-refractivity contribution in [3.63, 3.8) is 0 Å². The molecule has 0 fully saturated rings. The van der Waals surface area contributed by atoms with Gasteiger partial charge in [-0.1, -0.05) is 0 Å². The van der Waals surface area contributed by atoms with E-state index < -0.39 is 0 Å². The lowest BCUT2D eigenvalue weighted by molar-refractivity contribution is 0.102. The molecule has 2 aromatic rings. The van der Waals surface area contributed by atoms with Crippen LogP contribution in [0, 0.1) is 0 Å². The maximum absolute atomic E-state index is 12.1. The Bertz CT molecular complexity index is 576. The predicted molar refractivity (Wildman–Crippen MR) is 74.3 cm³/mol. The molecule has 2 heterocycles. The molecule has 0 aliphatic carbocycles. The smallest absolute Gasteiger partial charge is 0.259 e. The molecule has 0 spiro atoms. The summed E-state index contributed by atoms with van der Waals surface area (Å²) in [6, 6.07) is 2.02. The Balaban J connectivity index is 2.16. The average Bonchev–Trinajstić information content (AvgIpc) is 2.87. The Hall–Kier alpha value is -2.37. The summed E-state index contributed by atoms with van der Waals surface area (Å²) in [6.45, 7) is 4.05. The van der Waals surface area contributed by atoms with Crippen LogP contribution in [0.1, 0.15) is 30.2 Å². The first-order valence-electron chi connectivity index (χ1n) is 6.09. The van der Waals surface area contributed by atoms with Crippen LogP contribution >= 0.6 is 0 Å². The van der Waals surface area contributed by atoms with Gasteiger partial charge in [-0.3, -0.25) is 14.5 Å². The van der Waals surface area contributed by atoms with Gasteiger partial charge in [-0.05, 0) is 19.9 Å². The molecule has 0 bridgehead atoms. The first-order valence-corrected chi connectivity index (χ1v) is 6.09. The molecule has 2 N–H and O–H groups in total. The molecular formula is C13H17N5O. The third-order valence-electron chi connectivity index (χ3n) is 2.72. The number of rotatable bonds is 4. The molecule has 19 heavy (non-hydrogen) atoms. The summed E-state index contributed by atoms with van der Waals surface area (Å²) in [6.07, 6.45) is 6.61. The van der Waals surface area contributed by atoms with E-state index in [-0.39, 0.29) is 11.9 Å². The largest absolute Gasteiger partial charge is 0.387 e. The first-order chi connectivity index (χ1) is 9.11. The summed E-state index contributed by atoms with van der Waals surface area (Å²) in [5.41, 5.74) is 1.91. The second-order valence-corrected chi connectivity index (χ2v) is 4.43. The second-order valence-electron chi connectivity index (χ2n) is 4.43. The van der Waals surface area contributed by atoms with Crippen LogP contribution in [-0.4, -0.2) is 27.7 Å². The number of hydrogen-bond donors (Lipinski definition) is 2. The van der Waals surface area contributed by atoms with E-state index in [1.807, 2.05) is 13.8 Å². The number of pyridine rings is 1. The summed E-state index contributed by atoms with van der Waals surface area (Å²) in [5, 5.41) is 9.95. The molecule has 6 heteroatoms. The van der Waals surface area contributed by atoms with E-state index in [4.69, 9.17) is 0 Å². The van der Waals surface area contributed by atoms with Crippen LogP contribution in [0.4, 0.5) is 11.4 Å². The maximum atomic E-state index is 12.1. The van der Waals surface area contributed by atoms with Crippen molar-refractivity contribution in [3.8, 4) is 0 Å². The molecule has 0 radical (unpaired) electrons. The monoisotopic (exact) mass is 259 g/mol. The van der Waals surface area contributed by atoms with Crippen LogP contribution in [0.15, 0.2) is 30.9 Å². The van der Waals surface area contributed by atoms with Gasteiger partial charge >= 0.3 is 0 Å². The third-order valence-corrected chi connectivity index (χ3v) is 2.72. The predicted octanol–water partition coefficient (Wildman–Crippen LogP) is 2.15.